The molecule has 1 amide bonds. The summed E-state index contributed by atoms with van der Waals surface area (Å²) in [5.74, 6) is -2.80. The lowest BCUT2D eigenvalue weighted by Gasteiger charge is -2.21. The van der Waals surface area contributed by atoms with Gasteiger partial charge in [-0.2, -0.15) is 0 Å². The topological polar surface area (TPSA) is 75.6 Å². The monoisotopic (exact) mass is 305 g/mol. The quantitative estimate of drug-likeness (QED) is 0.657. The van der Waals surface area contributed by atoms with Gasteiger partial charge in [0.05, 0.1) is 18.1 Å². The normalized spacial score (nSPS) is 29.6. The fourth-order valence-corrected chi connectivity index (χ4v) is 3.30. The predicted molar refractivity (Wildman–Crippen MR) is 79.3 cm³/mol. The lowest BCUT2D eigenvalue weighted by atomic mass is 9.82. The molecule has 1 fully saturated rings. The number of rotatable bonds is 4. The fraction of sp³-hybridized carbons (Fsp3) is 0.333. The van der Waals surface area contributed by atoms with Crippen molar-refractivity contribution in [1.29, 1.82) is 0 Å². The van der Waals surface area contributed by atoms with Gasteiger partial charge in [0.1, 0.15) is 5.92 Å². The number of carboxylic acids is 1. The van der Waals surface area contributed by atoms with Gasteiger partial charge in [-0.3, -0.25) is 9.59 Å². The second-order valence-corrected chi connectivity index (χ2v) is 5.94. The van der Waals surface area contributed by atoms with Crippen LogP contribution in [-0.2, 0) is 14.3 Å². The van der Waals surface area contributed by atoms with E-state index < -0.39 is 30.0 Å². The van der Waals surface area contributed by atoms with Crippen molar-refractivity contribution in [3.63, 3.8) is 0 Å². The molecule has 1 aromatic rings. The number of anilines is 1. The van der Waals surface area contributed by atoms with Crippen LogP contribution in [0.5, 0.6) is 0 Å². The maximum Gasteiger partial charge on any atom is 0.310 e. The van der Waals surface area contributed by atoms with E-state index in [-0.39, 0.29) is 5.91 Å². The number of aliphatic carboxylic acids is 1. The van der Waals surface area contributed by atoms with E-state index in [9.17, 15) is 14.7 Å². The molecular formula is C15H15NO4S. The molecule has 1 aromatic carbocycles. The number of fused-ring (bicyclic) bond motifs is 2. The van der Waals surface area contributed by atoms with E-state index in [1.54, 1.807) is 30.0 Å². The molecule has 110 valence electrons. The van der Waals surface area contributed by atoms with Crippen molar-refractivity contribution in [1.82, 2.24) is 0 Å². The Morgan fingerprint density at radius 3 is 2.62 bits per heavy atom. The summed E-state index contributed by atoms with van der Waals surface area (Å²) in [4.78, 5) is 24.8. The zero-order valence-electron chi connectivity index (χ0n) is 11.4. The van der Waals surface area contributed by atoms with Crippen molar-refractivity contribution in [3.05, 3.63) is 36.4 Å². The number of carbonyl (C=O) groups is 2. The predicted octanol–water partition coefficient (Wildman–Crippen LogP) is 2.00. The maximum atomic E-state index is 12.4. The summed E-state index contributed by atoms with van der Waals surface area (Å²) in [6.45, 7) is 0. The number of benzene rings is 1. The number of carbonyl (C=O) groups excluding carboxylic acids is 1. The van der Waals surface area contributed by atoms with E-state index in [4.69, 9.17) is 4.74 Å². The molecule has 3 rings (SSSR count). The molecule has 2 bridgehead atoms. The molecule has 0 radical (unpaired) electrons. The molecule has 0 unspecified atom stereocenters. The summed E-state index contributed by atoms with van der Waals surface area (Å²) in [6.07, 6.45) is 4.50. The first kappa shape index (κ1) is 14.2. The lowest BCUT2D eigenvalue weighted by Crippen LogP contribution is -2.39. The highest BCUT2D eigenvalue weighted by Gasteiger charge is 2.53. The van der Waals surface area contributed by atoms with E-state index in [0.717, 1.165) is 4.90 Å². The van der Waals surface area contributed by atoms with Gasteiger partial charge in [0.25, 0.3) is 0 Å². The van der Waals surface area contributed by atoms with Crippen molar-refractivity contribution in [2.24, 2.45) is 11.8 Å². The molecule has 0 saturated carbocycles. The van der Waals surface area contributed by atoms with Crippen LogP contribution >= 0.6 is 11.8 Å². The highest BCUT2D eigenvalue weighted by molar-refractivity contribution is 7.98. The number of ether oxygens (including phenoxy) is 1. The SMILES string of the molecule is CSc1cccc(NC(=O)[C@H]2[C@@H](C(=O)O)[C@@H]3C=C[C@@H]2O3)c1. The lowest BCUT2D eigenvalue weighted by molar-refractivity contribution is -0.145. The molecule has 2 aliphatic rings. The molecule has 5 nitrogen and oxygen atoms in total. The van der Waals surface area contributed by atoms with Crippen LogP contribution in [0.15, 0.2) is 41.3 Å². The van der Waals surface area contributed by atoms with Crippen molar-refractivity contribution >= 4 is 29.3 Å². The van der Waals surface area contributed by atoms with E-state index in [2.05, 4.69) is 5.32 Å². The Bertz CT molecular complexity index is 615. The molecule has 4 atom stereocenters. The zero-order chi connectivity index (χ0) is 15.0. The third kappa shape index (κ3) is 2.56. The Balaban J connectivity index is 1.78. The Kier molecular flexibility index (Phi) is 3.73. The van der Waals surface area contributed by atoms with Gasteiger partial charge in [0.15, 0.2) is 0 Å². The summed E-state index contributed by atoms with van der Waals surface area (Å²) in [6, 6.07) is 7.45. The minimum absolute atomic E-state index is 0.308. The minimum atomic E-state index is -0.995. The largest absolute Gasteiger partial charge is 0.481 e. The van der Waals surface area contributed by atoms with E-state index in [0.29, 0.717) is 5.69 Å². The van der Waals surface area contributed by atoms with Gasteiger partial charge in [-0.15, -0.1) is 11.8 Å². The number of carboxylic acid groups (broad SMARTS) is 1. The van der Waals surface area contributed by atoms with Crippen LogP contribution in [0.3, 0.4) is 0 Å². The van der Waals surface area contributed by atoms with Crippen molar-refractivity contribution in [3.8, 4) is 0 Å². The average Bonchev–Trinajstić information content (AvgIpc) is 3.07. The number of hydrogen-bond acceptors (Lipinski definition) is 4. The summed E-state index contributed by atoms with van der Waals surface area (Å²) in [5, 5.41) is 12.1. The molecule has 0 aliphatic carbocycles. The molecule has 0 spiro atoms. The Morgan fingerprint density at radius 2 is 1.95 bits per heavy atom. The molecule has 0 aromatic heterocycles. The van der Waals surface area contributed by atoms with Gasteiger partial charge in [-0.1, -0.05) is 18.2 Å². The molecule has 1 saturated heterocycles. The Hall–Kier alpha value is -1.79. The minimum Gasteiger partial charge on any atom is -0.481 e. The first-order valence-corrected chi connectivity index (χ1v) is 7.84. The molecule has 6 heteroatoms. The van der Waals surface area contributed by atoms with Gasteiger partial charge >= 0.3 is 5.97 Å². The number of amides is 1. The molecule has 2 N–H and O–H groups in total. The fourth-order valence-electron chi connectivity index (χ4n) is 2.84. The smallest absolute Gasteiger partial charge is 0.310 e. The Morgan fingerprint density at radius 1 is 1.24 bits per heavy atom. The molecule has 21 heavy (non-hydrogen) atoms. The van der Waals surface area contributed by atoms with E-state index >= 15 is 0 Å². The first-order chi connectivity index (χ1) is 10.1. The Labute approximate surface area is 126 Å². The summed E-state index contributed by atoms with van der Waals surface area (Å²) in [7, 11) is 0. The standard InChI is InChI=1S/C15H15NO4S/c1-21-9-4-2-3-8(7-9)16-14(17)12-10-5-6-11(20-10)13(12)15(18)19/h2-7,10-13H,1H3,(H,16,17)(H,18,19)/t10-,11-,12+,13-/m0/s1. The second-order valence-electron chi connectivity index (χ2n) is 5.06. The number of nitrogens with one attached hydrogen (secondary N) is 1. The summed E-state index contributed by atoms with van der Waals surface area (Å²) in [5.41, 5.74) is 0.669. The van der Waals surface area contributed by atoms with Gasteiger partial charge in [-0.05, 0) is 24.5 Å². The van der Waals surface area contributed by atoms with E-state index in [1.807, 2.05) is 24.5 Å². The van der Waals surface area contributed by atoms with Crippen molar-refractivity contribution in [2.75, 3.05) is 11.6 Å². The van der Waals surface area contributed by atoms with Gasteiger partial charge in [0.2, 0.25) is 5.91 Å². The maximum absolute atomic E-state index is 12.4. The third-order valence-electron chi connectivity index (χ3n) is 3.82. The molecule has 2 aliphatic heterocycles. The second kappa shape index (κ2) is 5.54. The highest BCUT2D eigenvalue weighted by Crippen LogP contribution is 2.39. The molecule has 2 heterocycles. The number of thioether (sulfide) groups is 1. The highest BCUT2D eigenvalue weighted by atomic mass is 32.2. The van der Waals surface area contributed by atoms with Gasteiger partial charge in [0, 0.05) is 10.6 Å². The average molecular weight is 305 g/mol. The van der Waals surface area contributed by atoms with Crippen LogP contribution < -0.4 is 5.32 Å². The summed E-state index contributed by atoms with van der Waals surface area (Å²) < 4.78 is 5.51. The van der Waals surface area contributed by atoms with Gasteiger partial charge < -0.3 is 15.2 Å². The number of hydrogen-bond donors (Lipinski definition) is 2. The third-order valence-corrected chi connectivity index (χ3v) is 4.55. The van der Waals surface area contributed by atoms with Crippen LogP contribution in [0.4, 0.5) is 5.69 Å². The first-order valence-electron chi connectivity index (χ1n) is 6.61. The molecular weight excluding hydrogens is 290 g/mol. The van der Waals surface area contributed by atoms with E-state index in [1.165, 1.54) is 0 Å². The summed E-state index contributed by atoms with van der Waals surface area (Å²) >= 11 is 1.58. The van der Waals surface area contributed by atoms with Crippen molar-refractivity contribution in [2.45, 2.75) is 17.1 Å². The van der Waals surface area contributed by atoms with Crippen LogP contribution in [0.1, 0.15) is 0 Å². The van der Waals surface area contributed by atoms with Crippen LogP contribution in [0, 0.1) is 11.8 Å². The zero-order valence-corrected chi connectivity index (χ0v) is 12.2. The van der Waals surface area contributed by atoms with Crippen LogP contribution in [0.25, 0.3) is 0 Å². The van der Waals surface area contributed by atoms with Gasteiger partial charge in [-0.25, -0.2) is 0 Å². The van der Waals surface area contributed by atoms with Crippen LogP contribution in [-0.4, -0.2) is 35.4 Å². The van der Waals surface area contributed by atoms with Crippen LogP contribution in [0.2, 0.25) is 0 Å². The van der Waals surface area contributed by atoms with Crippen molar-refractivity contribution < 1.29 is 19.4 Å².